The zero-order valence-electron chi connectivity index (χ0n) is 10.9. The fraction of sp³-hybridized carbons (Fsp3) is 0.0833. The second-order valence-corrected chi connectivity index (χ2v) is 4.23. The Kier molecular flexibility index (Phi) is 3.39. The number of anilines is 1. The predicted molar refractivity (Wildman–Crippen MR) is 74.9 cm³/mol. The first-order valence-electron chi connectivity index (χ1n) is 6.15. The number of pyridine rings is 1. The van der Waals surface area contributed by atoms with Crippen molar-refractivity contribution >= 4 is 22.6 Å². The SMILES string of the molecule is NNc1cc(C(=O)NCc2nn[nH]n2)c2ccccc2n1. The molecule has 0 fully saturated rings. The van der Waals surface area contributed by atoms with Crippen molar-refractivity contribution in [3.8, 4) is 0 Å². The van der Waals surface area contributed by atoms with E-state index < -0.39 is 0 Å². The lowest BCUT2D eigenvalue weighted by Crippen LogP contribution is -2.24. The molecule has 0 atom stereocenters. The molecule has 0 aliphatic heterocycles. The van der Waals surface area contributed by atoms with Gasteiger partial charge in [-0.1, -0.05) is 23.4 Å². The number of carbonyl (C=O) groups excluding carboxylic acids is 1. The summed E-state index contributed by atoms with van der Waals surface area (Å²) in [5, 5.41) is 16.8. The third-order valence-electron chi connectivity index (χ3n) is 2.90. The molecule has 1 amide bonds. The molecule has 2 aromatic heterocycles. The van der Waals surface area contributed by atoms with Crippen molar-refractivity contribution in [2.45, 2.75) is 6.54 Å². The van der Waals surface area contributed by atoms with Gasteiger partial charge < -0.3 is 10.7 Å². The molecule has 0 aliphatic rings. The quantitative estimate of drug-likeness (QED) is 0.390. The summed E-state index contributed by atoms with van der Waals surface area (Å²) in [5.41, 5.74) is 3.60. The first-order valence-corrected chi connectivity index (χ1v) is 6.15. The van der Waals surface area contributed by atoms with Crippen molar-refractivity contribution in [2.24, 2.45) is 5.84 Å². The van der Waals surface area contributed by atoms with E-state index in [-0.39, 0.29) is 12.5 Å². The molecular formula is C12H12N8O. The van der Waals surface area contributed by atoms with Gasteiger partial charge in [0.15, 0.2) is 5.82 Å². The molecule has 21 heavy (non-hydrogen) atoms. The van der Waals surface area contributed by atoms with Gasteiger partial charge in [-0.25, -0.2) is 10.8 Å². The van der Waals surface area contributed by atoms with Crippen LogP contribution in [0, 0.1) is 0 Å². The molecule has 3 rings (SSSR count). The molecule has 1 aromatic carbocycles. The fourth-order valence-electron chi connectivity index (χ4n) is 1.95. The van der Waals surface area contributed by atoms with Crippen LogP contribution in [0.2, 0.25) is 0 Å². The van der Waals surface area contributed by atoms with Gasteiger partial charge in [-0.15, -0.1) is 10.2 Å². The molecule has 0 radical (unpaired) electrons. The van der Waals surface area contributed by atoms with Crippen LogP contribution in [-0.4, -0.2) is 31.5 Å². The number of hydrogen-bond donors (Lipinski definition) is 4. The van der Waals surface area contributed by atoms with Crippen LogP contribution in [0.1, 0.15) is 16.2 Å². The minimum atomic E-state index is -0.269. The van der Waals surface area contributed by atoms with Crippen molar-refractivity contribution in [3.63, 3.8) is 0 Å². The summed E-state index contributed by atoms with van der Waals surface area (Å²) in [6, 6.07) is 8.91. The highest BCUT2D eigenvalue weighted by molar-refractivity contribution is 6.06. The first kappa shape index (κ1) is 12.9. The van der Waals surface area contributed by atoms with Crippen molar-refractivity contribution in [1.82, 2.24) is 30.9 Å². The van der Waals surface area contributed by atoms with E-state index in [1.54, 1.807) is 6.07 Å². The van der Waals surface area contributed by atoms with E-state index in [9.17, 15) is 4.79 Å². The number of aromatic nitrogens is 5. The molecule has 2 heterocycles. The molecular weight excluding hydrogens is 272 g/mol. The molecule has 106 valence electrons. The molecule has 3 aromatic rings. The van der Waals surface area contributed by atoms with Crippen LogP contribution in [0.4, 0.5) is 5.82 Å². The number of benzene rings is 1. The zero-order valence-corrected chi connectivity index (χ0v) is 10.9. The zero-order chi connectivity index (χ0) is 14.7. The number of nitrogens with two attached hydrogens (primary N) is 1. The van der Waals surface area contributed by atoms with E-state index in [2.05, 4.69) is 36.4 Å². The van der Waals surface area contributed by atoms with Crippen molar-refractivity contribution in [1.29, 1.82) is 0 Å². The third kappa shape index (κ3) is 2.62. The van der Waals surface area contributed by atoms with Gasteiger partial charge in [-0.2, -0.15) is 5.21 Å². The Morgan fingerprint density at radius 3 is 2.95 bits per heavy atom. The Morgan fingerprint density at radius 2 is 2.19 bits per heavy atom. The summed E-state index contributed by atoms with van der Waals surface area (Å²) in [7, 11) is 0. The van der Waals surface area contributed by atoms with Crippen molar-refractivity contribution < 1.29 is 4.79 Å². The number of hydrogen-bond acceptors (Lipinski definition) is 7. The number of H-pyrrole nitrogens is 1. The molecule has 5 N–H and O–H groups in total. The molecule has 0 spiro atoms. The number of nitrogen functional groups attached to an aromatic ring is 1. The van der Waals surface area contributed by atoms with Crippen molar-refractivity contribution in [2.75, 3.05) is 5.43 Å². The summed E-state index contributed by atoms with van der Waals surface area (Å²) in [6.07, 6.45) is 0. The smallest absolute Gasteiger partial charge is 0.252 e. The summed E-state index contributed by atoms with van der Waals surface area (Å²) in [5.74, 6) is 5.93. The number of rotatable bonds is 4. The maximum Gasteiger partial charge on any atom is 0.252 e. The van der Waals surface area contributed by atoms with Gasteiger partial charge in [-0.05, 0) is 12.1 Å². The molecule has 0 saturated heterocycles. The van der Waals surface area contributed by atoms with Crippen LogP contribution in [0.25, 0.3) is 10.9 Å². The van der Waals surface area contributed by atoms with E-state index in [0.717, 1.165) is 5.39 Å². The van der Waals surface area contributed by atoms with Crippen LogP contribution in [0.15, 0.2) is 30.3 Å². The molecule has 0 aliphatic carbocycles. The fourth-order valence-corrected chi connectivity index (χ4v) is 1.95. The van der Waals surface area contributed by atoms with Crippen molar-refractivity contribution in [3.05, 3.63) is 41.7 Å². The molecule has 9 heteroatoms. The molecule has 0 bridgehead atoms. The van der Waals surface area contributed by atoms with E-state index in [0.29, 0.717) is 22.7 Å². The number of amides is 1. The average molecular weight is 284 g/mol. The van der Waals surface area contributed by atoms with Crippen LogP contribution in [-0.2, 0) is 6.54 Å². The summed E-state index contributed by atoms with van der Waals surface area (Å²) >= 11 is 0. The normalized spacial score (nSPS) is 10.5. The number of carbonyl (C=O) groups is 1. The lowest BCUT2D eigenvalue weighted by Gasteiger charge is -2.09. The Morgan fingerprint density at radius 1 is 1.33 bits per heavy atom. The summed E-state index contributed by atoms with van der Waals surface area (Å²) in [4.78, 5) is 16.6. The van der Waals surface area contributed by atoms with Gasteiger partial charge in [0.05, 0.1) is 17.6 Å². The van der Waals surface area contributed by atoms with E-state index in [1.807, 2.05) is 24.3 Å². The highest BCUT2D eigenvalue weighted by Crippen LogP contribution is 2.20. The van der Waals surface area contributed by atoms with Crippen LogP contribution in [0.3, 0.4) is 0 Å². The third-order valence-corrected chi connectivity index (χ3v) is 2.90. The summed E-state index contributed by atoms with van der Waals surface area (Å²) < 4.78 is 0. The second-order valence-electron chi connectivity index (χ2n) is 4.23. The number of tetrazole rings is 1. The second kappa shape index (κ2) is 5.51. The number of nitrogens with one attached hydrogen (secondary N) is 3. The van der Waals surface area contributed by atoms with Gasteiger partial charge in [0.1, 0.15) is 5.82 Å². The van der Waals surface area contributed by atoms with Crippen LogP contribution >= 0.6 is 0 Å². The van der Waals surface area contributed by atoms with Gasteiger partial charge in [0.2, 0.25) is 0 Å². The highest BCUT2D eigenvalue weighted by atomic mass is 16.1. The Labute approximate surface area is 118 Å². The Bertz CT molecular complexity index is 770. The largest absolute Gasteiger partial charge is 0.345 e. The molecule has 0 saturated carbocycles. The highest BCUT2D eigenvalue weighted by Gasteiger charge is 2.13. The average Bonchev–Trinajstić information content (AvgIpc) is 3.05. The van der Waals surface area contributed by atoms with Crippen LogP contribution < -0.4 is 16.6 Å². The first-order chi connectivity index (χ1) is 10.3. The maximum absolute atomic E-state index is 12.3. The van der Waals surface area contributed by atoms with Gasteiger partial charge in [0.25, 0.3) is 5.91 Å². The minimum absolute atomic E-state index is 0.178. The minimum Gasteiger partial charge on any atom is -0.345 e. The topological polar surface area (TPSA) is 134 Å². The molecule has 0 unspecified atom stereocenters. The van der Waals surface area contributed by atoms with Gasteiger partial charge in [0, 0.05) is 5.39 Å². The summed E-state index contributed by atoms with van der Waals surface area (Å²) in [6.45, 7) is 0.178. The van der Waals surface area contributed by atoms with Crippen LogP contribution in [0.5, 0.6) is 0 Å². The maximum atomic E-state index is 12.3. The van der Waals surface area contributed by atoms with Gasteiger partial charge >= 0.3 is 0 Å². The number of nitrogens with zero attached hydrogens (tertiary/aromatic N) is 4. The standard InChI is InChI=1S/C12H12N8O/c13-16-10-5-8(7-3-1-2-4-9(7)15-10)12(21)14-6-11-17-19-20-18-11/h1-5H,6,13H2,(H,14,21)(H,15,16)(H,17,18,19,20). The van der Waals surface area contributed by atoms with E-state index >= 15 is 0 Å². The lowest BCUT2D eigenvalue weighted by molar-refractivity contribution is 0.0951. The predicted octanol–water partition coefficient (Wildman–Crippen LogP) is -0.0365. The number of fused-ring (bicyclic) bond motifs is 1. The van der Waals surface area contributed by atoms with E-state index in [4.69, 9.17) is 5.84 Å². The Hall–Kier alpha value is -3.07. The number of hydrazine groups is 1. The van der Waals surface area contributed by atoms with Gasteiger partial charge in [-0.3, -0.25) is 4.79 Å². The monoisotopic (exact) mass is 284 g/mol. The van der Waals surface area contributed by atoms with E-state index in [1.165, 1.54) is 0 Å². The molecule has 9 nitrogen and oxygen atoms in total. The number of aromatic amines is 1. The lowest BCUT2D eigenvalue weighted by atomic mass is 10.1. The Balaban J connectivity index is 1.92. The number of para-hydroxylation sites is 1.